The molecule has 2 rings (SSSR count). The molecule has 136 valence electrons. The number of para-hydroxylation sites is 2. The Morgan fingerprint density at radius 1 is 1.36 bits per heavy atom. The van der Waals surface area contributed by atoms with Crippen molar-refractivity contribution in [2.45, 2.75) is 45.8 Å². The summed E-state index contributed by atoms with van der Waals surface area (Å²) in [5.41, 5.74) is 0.620. The monoisotopic (exact) mass is 348 g/mol. The van der Waals surface area contributed by atoms with E-state index >= 15 is 0 Å². The van der Waals surface area contributed by atoms with Gasteiger partial charge in [-0.1, -0.05) is 32.4 Å². The maximum atomic E-state index is 12.4. The average Bonchev–Trinajstić information content (AvgIpc) is 2.59. The van der Waals surface area contributed by atoms with E-state index in [9.17, 15) is 19.5 Å². The van der Waals surface area contributed by atoms with Gasteiger partial charge in [0, 0.05) is 13.0 Å². The Labute approximate surface area is 147 Å². The number of aliphatic carboxylic acids is 1. The first-order chi connectivity index (χ1) is 11.8. The van der Waals surface area contributed by atoms with E-state index in [-0.39, 0.29) is 24.8 Å². The molecule has 0 aromatic heterocycles. The molecule has 0 bridgehead atoms. The number of amides is 2. The van der Waals surface area contributed by atoms with Crippen LogP contribution >= 0.6 is 0 Å². The molecule has 1 heterocycles. The number of anilines is 1. The third kappa shape index (κ3) is 4.29. The maximum absolute atomic E-state index is 12.4. The van der Waals surface area contributed by atoms with Gasteiger partial charge in [-0.25, -0.2) is 4.79 Å². The highest BCUT2D eigenvalue weighted by Gasteiger charge is 2.32. The van der Waals surface area contributed by atoms with E-state index in [0.29, 0.717) is 17.9 Å². The molecule has 2 N–H and O–H groups in total. The lowest BCUT2D eigenvalue weighted by Gasteiger charge is -2.33. The summed E-state index contributed by atoms with van der Waals surface area (Å²) >= 11 is 0. The van der Waals surface area contributed by atoms with Gasteiger partial charge in [0.25, 0.3) is 5.91 Å². The molecule has 1 aliphatic heterocycles. The normalized spacial score (nSPS) is 18.8. The van der Waals surface area contributed by atoms with Gasteiger partial charge in [0.1, 0.15) is 11.8 Å². The number of hydrogen-bond donors (Lipinski definition) is 2. The number of nitrogens with one attached hydrogen (secondary N) is 1. The van der Waals surface area contributed by atoms with Crippen molar-refractivity contribution in [2.24, 2.45) is 5.92 Å². The first-order valence-corrected chi connectivity index (χ1v) is 8.44. The van der Waals surface area contributed by atoms with Crippen LogP contribution in [0.3, 0.4) is 0 Å². The Kier molecular flexibility index (Phi) is 6.01. The number of benzene rings is 1. The van der Waals surface area contributed by atoms with E-state index in [1.54, 1.807) is 32.0 Å². The molecule has 7 heteroatoms. The zero-order valence-electron chi connectivity index (χ0n) is 14.7. The van der Waals surface area contributed by atoms with E-state index in [0.717, 1.165) is 0 Å². The van der Waals surface area contributed by atoms with E-state index in [1.807, 2.05) is 13.0 Å². The summed E-state index contributed by atoms with van der Waals surface area (Å²) in [6, 6.07) is 6.21. The summed E-state index contributed by atoms with van der Waals surface area (Å²) in [6.07, 6.45) is 0.0433. The molecule has 0 saturated heterocycles. The molecule has 3 atom stereocenters. The molecule has 0 fully saturated rings. The number of nitrogens with zero attached hydrogens (tertiary/aromatic N) is 1. The van der Waals surface area contributed by atoms with Crippen molar-refractivity contribution in [1.29, 1.82) is 0 Å². The van der Waals surface area contributed by atoms with Gasteiger partial charge in [0.05, 0.1) is 5.69 Å². The predicted octanol–water partition coefficient (Wildman–Crippen LogP) is 1.81. The molecule has 1 aromatic carbocycles. The fourth-order valence-corrected chi connectivity index (χ4v) is 2.73. The number of ether oxygens (including phenoxy) is 1. The van der Waals surface area contributed by atoms with E-state index in [4.69, 9.17) is 4.74 Å². The van der Waals surface area contributed by atoms with Crippen molar-refractivity contribution in [1.82, 2.24) is 5.32 Å². The van der Waals surface area contributed by atoms with Crippen LogP contribution in [0.1, 0.15) is 33.6 Å². The van der Waals surface area contributed by atoms with Crippen LogP contribution in [0.4, 0.5) is 5.69 Å². The first kappa shape index (κ1) is 18.8. The molecular formula is C18H24N2O5. The van der Waals surface area contributed by atoms with Crippen molar-refractivity contribution in [3.05, 3.63) is 24.3 Å². The fraction of sp³-hybridized carbons (Fsp3) is 0.500. The number of hydrogen-bond acceptors (Lipinski definition) is 4. The number of carboxylic acid groups (broad SMARTS) is 1. The highest BCUT2D eigenvalue weighted by atomic mass is 16.5. The van der Waals surface area contributed by atoms with Gasteiger partial charge in [-0.2, -0.15) is 0 Å². The molecule has 0 spiro atoms. The van der Waals surface area contributed by atoms with Gasteiger partial charge < -0.3 is 20.1 Å². The van der Waals surface area contributed by atoms with Gasteiger partial charge in [-0.3, -0.25) is 9.59 Å². The number of carboxylic acids is 1. The standard InChI is InChI=1S/C18H24N2O5/c1-4-11(2)16(18(23)24)19-15(21)9-10-20-13-7-5-6-8-14(13)25-12(3)17(20)22/h5-8,11-12,16H,4,9-10H2,1-3H3,(H,19,21)(H,23,24)/t11-,12?,16-/m0/s1. The highest BCUT2D eigenvalue weighted by molar-refractivity contribution is 6.00. The third-order valence-electron chi connectivity index (χ3n) is 4.43. The molecule has 1 aliphatic rings. The summed E-state index contributed by atoms with van der Waals surface area (Å²) in [6.45, 7) is 5.48. The summed E-state index contributed by atoms with van der Waals surface area (Å²) in [4.78, 5) is 37.4. The minimum atomic E-state index is -1.05. The largest absolute Gasteiger partial charge is 0.480 e. The van der Waals surface area contributed by atoms with Crippen molar-refractivity contribution < 1.29 is 24.2 Å². The quantitative estimate of drug-likeness (QED) is 0.783. The van der Waals surface area contributed by atoms with Gasteiger partial charge in [-0.05, 0) is 25.0 Å². The van der Waals surface area contributed by atoms with Crippen LogP contribution < -0.4 is 15.0 Å². The van der Waals surface area contributed by atoms with Gasteiger partial charge in [-0.15, -0.1) is 0 Å². The van der Waals surface area contributed by atoms with Gasteiger partial charge >= 0.3 is 5.97 Å². The predicted molar refractivity (Wildman–Crippen MR) is 92.5 cm³/mol. The molecule has 0 aliphatic carbocycles. The topological polar surface area (TPSA) is 95.9 Å². The third-order valence-corrected chi connectivity index (χ3v) is 4.43. The molecule has 2 amide bonds. The lowest BCUT2D eigenvalue weighted by Crippen LogP contribution is -2.48. The second-order valence-electron chi connectivity index (χ2n) is 6.24. The summed E-state index contributed by atoms with van der Waals surface area (Å²) in [7, 11) is 0. The molecular weight excluding hydrogens is 324 g/mol. The van der Waals surface area contributed by atoms with Crippen LogP contribution in [-0.4, -0.2) is 41.6 Å². The van der Waals surface area contributed by atoms with Crippen LogP contribution in [0, 0.1) is 5.92 Å². The summed E-state index contributed by atoms with van der Waals surface area (Å²) < 4.78 is 5.55. The minimum Gasteiger partial charge on any atom is -0.480 e. The molecule has 7 nitrogen and oxygen atoms in total. The Hall–Kier alpha value is -2.57. The van der Waals surface area contributed by atoms with Crippen molar-refractivity contribution >= 4 is 23.5 Å². The highest BCUT2D eigenvalue weighted by Crippen LogP contribution is 2.33. The Morgan fingerprint density at radius 3 is 2.68 bits per heavy atom. The van der Waals surface area contributed by atoms with Crippen molar-refractivity contribution in [3.8, 4) is 5.75 Å². The Morgan fingerprint density at radius 2 is 2.04 bits per heavy atom. The van der Waals surface area contributed by atoms with Crippen molar-refractivity contribution in [3.63, 3.8) is 0 Å². The molecule has 1 unspecified atom stereocenters. The molecule has 0 radical (unpaired) electrons. The lowest BCUT2D eigenvalue weighted by atomic mass is 9.99. The number of carbonyl (C=O) groups is 3. The summed E-state index contributed by atoms with van der Waals surface area (Å²) in [5.74, 6) is -1.24. The number of carbonyl (C=O) groups excluding carboxylic acids is 2. The molecule has 1 aromatic rings. The second kappa shape index (κ2) is 8.00. The average molecular weight is 348 g/mol. The van der Waals surface area contributed by atoms with Crippen LogP contribution in [0.5, 0.6) is 5.75 Å². The van der Waals surface area contributed by atoms with Gasteiger partial charge in [0.15, 0.2) is 6.10 Å². The maximum Gasteiger partial charge on any atom is 0.326 e. The lowest BCUT2D eigenvalue weighted by molar-refractivity contribution is -0.143. The zero-order valence-corrected chi connectivity index (χ0v) is 14.7. The van der Waals surface area contributed by atoms with Crippen LogP contribution in [0.2, 0.25) is 0 Å². The van der Waals surface area contributed by atoms with Gasteiger partial charge in [0.2, 0.25) is 5.91 Å². The van der Waals surface area contributed by atoms with Crippen LogP contribution in [-0.2, 0) is 14.4 Å². The second-order valence-corrected chi connectivity index (χ2v) is 6.24. The fourth-order valence-electron chi connectivity index (χ4n) is 2.73. The molecule has 25 heavy (non-hydrogen) atoms. The number of fused-ring (bicyclic) bond motifs is 1. The Balaban J connectivity index is 2.03. The van der Waals surface area contributed by atoms with E-state index in [2.05, 4.69) is 5.32 Å². The minimum absolute atomic E-state index is 0.0208. The SMILES string of the molecule is CC[C@H](C)[C@H](NC(=O)CCN1C(=O)C(C)Oc2ccccc21)C(=O)O. The van der Waals surface area contributed by atoms with Crippen LogP contribution in [0.15, 0.2) is 24.3 Å². The van der Waals surface area contributed by atoms with Crippen molar-refractivity contribution in [2.75, 3.05) is 11.4 Å². The summed E-state index contributed by atoms with van der Waals surface area (Å²) in [5, 5.41) is 11.8. The van der Waals surface area contributed by atoms with E-state index in [1.165, 1.54) is 4.90 Å². The first-order valence-electron chi connectivity index (χ1n) is 8.44. The number of rotatable bonds is 7. The Bertz CT molecular complexity index is 661. The smallest absolute Gasteiger partial charge is 0.326 e. The van der Waals surface area contributed by atoms with E-state index < -0.39 is 24.0 Å². The van der Waals surface area contributed by atoms with Crippen LogP contribution in [0.25, 0.3) is 0 Å². The zero-order chi connectivity index (χ0) is 18.6. The molecule has 0 saturated carbocycles.